The highest BCUT2D eigenvalue weighted by atomic mass is 32.2. The molecule has 6 heteroatoms. The molecule has 138 valence electrons. The van der Waals surface area contributed by atoms with Crippen molar-refractivity contribution in [3.63, 3.8) is 0 Å². The van der Waals surface area contributed by atoms with Gasteiger partial charge in [0.1, 0.15) is 5.82 Å². The predicted octanol–water partition coefficient (Wildman–Crippen LogP) is 5.56. The molecule has 3 aromatic rings. The summed E-state index contributed by atoms with van der Waals surface area (Å²) in [6, 6.07) is 12.7. The fraction of sp³-hybridized carbons (Fsp3) is 0.238. The highest BCUT2D eigenvalue weighted by molar-refractivity contribution is 8.00. The Kier molecular flexibility index (Phi) is 5.55. The van der Waals surface area contributed by atoms with Crippen LogP contribution < -0.4 is 5.32 Å². The Morgan fingerprint density at radius 1 is 1.11 bits per heavy atom. The number of fused-ring (bicyclic) bond motifs is 1. The summed E-state index contributed by atoms with van der Waals surface area (Å²) in [7, 11) is 0. The minimum atomic E-state index is -0.277. The number of aryl methyl sites for hydroxylation is 2. The van der Waals surface area contributed by atoms with Gasteiger partial charge in [-0.1, -0.05) is 12.1 Å². The molecule has 0 unspecified atom stereocenters. The Hall–Kier alpha value is -2.18. The molecular weight excluding hydrogens is 379 g/mol. The number of carbonyl (C=O) groups is 1. The number of amides is 1. The predicted molar refractivity (Wildman–Crippen MR) is 110 cm³/mol. The van der Waals surface area contributed by atoms with E-state index in [1.54, 1.807) is 12.1 Å². The van der Waals surface area contributed by atoms with Crippen LogP contribution in [0.2, 0.25) is 0 Å². The van der Waals surface area contributed by atoms with Crippen LogP contribution in [0.5, 0.6) is 0 Å². The number of anilines is 1. The van der Waals surface area contributed by atoms with Gasteiger partial charge in [-0.05, 0) is 67.1 Å². The Morgan fingerprint density at radius 2 is 1.89 bits per heavy atom. The van der Waals surface area contributed by atoms with Crippen molar-refractivity contribution in [3.05, 3.63) is 64.8 Å². The third-order valence-electron chi connectivity index (χ3n) is 4.58. The monoisotopic (exact) mass is 398 g/mol. The van der Waals surface area contributed by atoms with E-state index in [0.717, 1.165) is 22.6 Å². The van der Waals surface area contributed by atoms with Gasteiger partial charge in [-0.2, -0.15) is 0 Å². The molecule has 1 aliphatic carbocycles. The van der Waals surface area contributed by atoms with Crippen LogP contribution in [-0.4, -0.2) is 16.6 Å². The molecule has 0 aliphatic heterocycles. The van der Waals surface area contributed by atoms with E-state index in [1.807, 2.05) is 5.38 Å². The van der Waals surface area contributed by atoms with Gasteiger partial charge in [0.15, 0.2) is 5.13 Å². The van der Waals surface area contributed by atoms with Crippen LogP contribution in [0.25, 0.3) is 11.3 Å². The first-order valence-electron chi connectivity index (χ1n) is 8.93. The summed E-state index contributed by atoms with van der Waals surface area (Å²) < 4.78 is 12.9. The number of aromatic nitrogens is 1. The van der Waals surface area contributed by atoms with Crippen molar-refractivity contribution in [3.8, 4) is 11.3 Å². The number of nitrogens with zero attached hydrogens (tertiary/aromatic N) is 1. The smallest absolute Gasteiger partial charge is 0.236 e. The summed E-state index contributed by atoms with van der Waals surface area (Å²) in [5.41, 5.74) is 4.88. The zero-order chi connectivity index (χ0) is 18.6. The molecular formula is C21H19FN2OS2. The van der Waals surface area contributed by atoms with E-state index in [9.17, 15) is 9.18 Å². The molecule has 0 bridgehead atoms. The number of thiazole rings is 1. The number of rotatable bonds is 5. The highest BCUT2D eigenvalue weighted by Gasteiger charge is 2.13. The molecule has 4 rings (SSSR count). The second-order valence-electron chi connectivity index (χ2n) is 6.52. The summed E-state index contributed by atoms with van der Waals surface area (Å²) in [5.74, 6) is -0.128. The second-order valence-corrected chi connectivity index (χ2v) is 8.43. The van der Waals surface area contributed by atoms with E-state index in [2.05, 4.69) is 28.5 Å². The molecule has 1 N–H and O–H groups in total. The van der Waals surface area contributed by atoms with Crippen molar-refractivity contribution < 1.29 is 9.18 Å². The summed E-state index contributed by atoms with van der Waals surface area (Å²) in [6.07, 6.45) is 4.83. The molecule has 3 nitrogen and oxygen atoms in total. The molecule has 0 saturated heterocycles. The Morgan fingerprint density at radius 3 is 2.70 bits per heavy atom. The van der Waals surface area contributed by atoms with E-state index < -0.39 is 0 Å². The maximum atomic E-state index is 12.9. The van der Waals surface area contributed by atoms with Crippen molar-refractivity contribution in [1.82, 2.24) is 4.98 Å². The van der Waals surface area contributed by atoms with Gasteiger partial charge in [-0.3, -0.25) is 4.79 Å². The molecule has 0 saturated carbocycles. The highest BCUT2D eigenvalue weighted by Crippen LogP contribution is 2.29. The van der Waals surface area contributed by atoms with Crippen LogP contribution in [0.4, 0.5) is 9.52 Å². The average molecular weight is 399 g/mol. The Balaban J connectivity index is 1.37. The van der Waals surface area contributed by atoms with Crippen molar-refractivity contribution in [2.75, 3.05) is 11.1 Å². The fourth-order valence-corrected chi connectivity index (χ4v) is 4.63. The zero-order valence-corrected chi connectivity index (χ0v) is 16.3. The number of hydrogen-bond acceptors (Lipinski definition) is 4. The van der Waals surface area contributed by atoms with E-state index >= 15 is 0 Å². The number of thioether (sulfide) groups is 1. The Bertz CT molecular complexity index is 953. The van der Waals surface area contributed by atoms with Gasteiger partial charge in [0.05, 0.1) is 11.4 Å². The topological polar surface area (TPSA) is 42.0 Å². The van der Waals surface area contributed by atoms with Crippen LogP contribution in [-0.2, 0) is 17.6 Å². The van der Waals surface area contributed by atoms with E-state index in [-0.39, 0.29) is 17.5 Å². The van der Waals surface area contributed by atoms with Crippen LogP contribution in [0, 0.1) is 5.82 Å². The van der Waals surface area contributed by atoms with E-state index in [0.29, 0.717) is 5.13 Å². The molecule has 1 aromatic heterocycles. The van der Waals surface area contributed by atoms with Gasteiger partial charge in [-0.15, -0.1) is 23.1 Å². The first kappa shape index (κ1) is 18.2. The van der Waals surface area contributed by atoms with Crippen LogP contribution in [0.3, 0.4) is 0 Å². The molecule has 0 fully saturated rings. The maximum Gasteiger partial charge on any atom is 0.236 e. The van der Waals surface area contributed by atoms with Crippen molar-refractivity contribution in [2.45, 2.75) is 30.6 Å². The quantitative estimate of drug-likeness (QED) is 0.572. The molecule has 1 heterocycles. The number of nitrogens with one attached hydrogen (secondary N) is 1. The summed E-state index contributed by atoms with van der Waals surface area (Å²) in [5, 5.41) is 5.43. The van der Waals surface area contributed by atoms with Gasteiger partial charge >= 0.3 is 0 Å². The van der Waals surface area contributed by atoms with Gasteiger partial charge < -0.3 is 5.32 Å². The molecule has 2 aromatic carbocycles. The third-order valence-corrected chi connectivity index (χ3v) is 6.35. The summed E-state index contributed by atoms with van der Waals surface area (Å²) >= 11 is 2.81. The minimum Gasteiger partial charge on any atom is -0.301 e. The van der Waals surface area contributed by atoms with Crippen LogP contribution >= 0.6 is 23.1 Å². The van der Waals surface area contributed by atoms with Crippen LogP contribution in [0.15, 0.2) is 52.7 Å². The van der Waals surface area contributed by atoms with Gasteiger partial charge in [0, 0.05) is 15.8 Å². The number of halogens is 1. The minimum absolute atomic E-state index is 0.115. The lowest BCUT2D eigenvalue weighted by Gasteiger charge is -2.16. The number of hydrogen-bond donors (Lipinski definition) is 1. The molecule has 1 aliphatic rings. The van der Waals surface area contributed by atoms with Crippen molar-refractivity contribution >= 4 is 34.1 Å². The van der Waals surface area contributed by atoms with Gasteiger partial charge in [0.2, 0.25) is 5.91 Å². The standard InChI is InChI=1S/C21H19FN2OS2/c22-17-7-9-18(10-8-17)26-13-20(25)24-21-23-19(12-27-21)16-6-5-14-3-1-2-4-15(14)11-16/h5-12H,1-4,13H2,(H,23,24,25). The number of benzene rings is 2. The molecule has 0 spiro atoms. The maximum absolute atomic E-state index is 12.9. The first-order chi connectivity index (χ1) is 13.2. The van der Waals surface area contributed by atoms with E-state index in [1.165, 1.54) is 65.6 Å². The lowest BCUT2D eigenvalue weighted by molar-refractivity contribution is -0.113. The lowest BCUT2D eigenvalue weighted by atomic mass is 9.90. The van der Waals surface area contributed by atoms with Crippen molar-refractivity contribution in [1.29, 1.82) is 0 Å². The summed E-state index contributed by atoms with van der Waals surface area (Å²) in [6.45, 7) is 0. The largest absolute Gasteiger partial charge is 0.301 e. The average Bonchev–Trinajstić information content (AvgIpc) is 3.15. The SMILES string of the molecule is O=C(CSc1ccc(F)cc1)Nc1nc(-c2ccc3c(c2)CCCC3)cs1. The van der Waals surface area contributed by atoms with E-state index in [4.69, 9.17) is 0 Å². The van der Waals surface area contributed by atoms with Crippen molar-refractivity contribution in [2.24, 2.45) is 0 Å². The second kappa shape index (κ2) is 8.23. The molecule has 27 heavy (non-hydrogen) atoms. The normalized spacial score (nSPS) is 13.2. The molecule has 0 radical (unpaired) electrons. The molecule has 1 amide bonds. The van der Waals surface area contributed by atoms with Crippen LogP contribution in [0.1, 0.15) is 24.0 Å². The zero-order valence-electron chi connectivity index (χ0n) is 14.7. The van der Waals surface area contributed by atoms with Gasteiger partial charge in [0.25, 0.3) is 0 Å². The number of carbonyl (C=O) groups excluding carboxylic acids is 1. The Labute approximate surface area is 166 Å². The molecule has 0 atom stereocenters. The summed E-state index contributed by atoms with van der Waals surface area (Å²) in [4.78, 5) is 17.6. The third kappa shape index (κ3) is 4.57. The fourth-order valence-electron chi connectivity index (χ4n) is 3.19. The van der Waals surface area contributed by atoms with Gasteiger partial charge in [-0.25, -0.2) is 9.37 Å². The first-order valence-corrected chi connectivity index (χ1v) is 10.8. The lowest BCUT2D eigenvalue weighted by Crippen LogP contribution is -2.13.